The van der Waals surface area contributed by atoms with Crippen LogP contribution in [0.2, 0.25) is 0 Å². The van der Waals surface area contributed by atoms with Crippen molar-refractivity contribution in [3.63, 3.8) is 0 Å². The molecule has 0 aliphatic heterocycles. The summed E-state index contributed by atoms with van der Waals surface area (Å²) in [7, 11) is -2.36. The summed E-state index contributed by atoms with van der Waals surface area (Å²) in [6.07, 6.45) is 2.65. The summed E-state index contributed by atoms with van der Waals surface area (Å²) in [5.74, 6) is -1.08. The molecule has 150 valence electrons. The number of carboxylic acids is 1. The normalized spacial score (nSPS) is 20.1. The molecule has 1 saturated carbocycles. The molecule has 0 heterocycles. The fourth-order valence-corrected chi connectivity index (χ4v) is 5.45. The SMILES string of the molecule is COc1ccc(S(=O)(=O)N(Cc2ccccc2)[C@@H]2CCCC[C@@H]2C(=O)O)cc1. The van der Waals surface area contributed by atoms with Crippen LogP contribution in [-0.2, 0) is 21.4 Å². The summed E-state index contributed by atoms with van der Waals surface area (Å²) in [5.41, 5.74) is 0.828. The molecule has 2 aromatic carbocycles. The Bertz CT molecular complexity index is 896. The lowest BCUT2D eigenvalue weighted by Gasteiger charge is -2.37. The molecule has 2 atom stereocenters. The van der Waals surface area contributed by atoms with Crippen molar-refractivity contribution in [2.45, 2.75) is 43.2 Å². The van der Waals surface area contributed by atoms with Gasteiger partial charge in [-0.25, -0.2) is 8.42 Å². The second kappa shape index (κ2) is 8.75. The van der Waals surface area contributed by atoms with E-state index in [1.807, 2.05) is 30.3 Å². The first kappa shape index (κ1) is 20.4. The number of ether oxygens (including phenoxy) is 1. The first-order valence-electron chi connectivity index (χ1n) is 9.36. The molecule has 0 aromatic heterocycles. The molecule has 2 aromatic rings. The summed E-state index contributed by atoms with van der Waals surface area (Å²) in [6, 6.07) is 14.9. The molecule has 28 heavy (non-hydrogen) atoms. The van der Waals surface area contributed by atoms with Gasteiger partial charge in [-0.2, -0.15) is 4.31 Å². The van der Waals surface area contributed by atoms with Crippen molar-refractivity contribution in [1.82, 2.24) is 4.31 Å². The first-order chi connectivity index (χ1) is 13.4. The van der Waals surface area contributed by atoms with Crippen LogP contribution in [-0.4, -0.2) is 37.0 Å². The van der Waals surface area contributed by atoms with Crippen LogP contribution in [0.4, 0.5) is 0 Å². The molecule has 7 heteroatoms. The Hall–Kier alpha value is -2.38. The second-order valence-corrected chi connectivity index (χ2v) is 8.90. The lowest BCUT2D eigenvalue weighted by molar-refractivity contribution is -0.144. The number of rotatable bonds is 7. The van der Waals surface area contributed by atoms with E-state index in [0.29, 0.717) is 18.6 Å². The number of carboxylic acid groups (broad SMARTS) is 1. The van der Waals surface area contributed by atoms with E-state index in [4.69, 9.17) is 4.74 Å². The van der Waals surface area contributed by atoms with Gasteiger partial charge in [0.05, 0.1) is 17.9 Å². The van der Waals surface area contributed by atoms with Crippen LogP contribution in [0.3, 0.4) is 0 Å². The highest BCUT2D eigenvalue weighted by Crippen LogP contribution is 2.34. The van der Waals surface area contributed by atoms with Gasteiger partial charge in [0.2, 0.25) is 10.0 Å². The molecule has 1 aliphatic rings. The Morgan fingerprint density at radius 2 is 1.71 bits per heavy atom. The number of aliphatic carboxylic acids is 1. The predicted molar refractivity (Wildman–Crippen MR) is 106 cm³/mol. The number of hydrogen-bond acceptors (Lipinski definition) is 4. The van der Waals surface area contributed by atoms with Gasteiger partial charge in [0.15, 0.2) is 0 Å². The average molecular weight is 404 g/mol. The summed E-state index contributed by atoms with van der Waals surface area (Å²) in [4.78, 5) is 12.0. The Labute approximate surface area is 165 Å². The Morgan fingerprint density at radius 1 is 1.07 bits per heavy atom. The molecule has 0 radical (unpaired) electrons. The molecular formula is C21H25NO5S. The molecule has 0 spiro atoms. The van der Waals surface area contributed by atoms with Crippen molar-refractivity contribution in [2.24, 2.45) is 5.92 Å². The van der Waals surface area contributed by atoms with E-state index in [0.717, 1.165) is 18.4 Å². The fourth-order valence-electron chi connectivity index (χ4n) is 3.77. The smallest absolute Gasteiger partial charge is 0.308 e. The first-order valence-corrected chi connectivity index (χ1v) is 10.8. The highest BCUT2D eigenvalue weighted by atomic mass is 32.2. The lowest BCUT2D eigenvalue weighted by Crippen LogP contribution is -2.47. The molecule has 0 unspecified atom stereocenters. The van der Waals surface area contributed by atoms with E-state index in [-0.39, 0.29) is 11.4 Å². The number of carbonyl (C=O) groups is 1. The Kier molecular flexibility index (Phi) is 6.36. The zero-order chi connectivity index (χ0) is 20.1. The van der Waals surface area contributed by atoms with Crippen LogP contribution in [0.15, 0.2) is 59.5 Å². The Morgan fingerprint density at radius 3 is 2.32 bits per heavy atom. The van der Waals surface area contributed by atoms with Crippen LogP contribution in [0.25, 0.3) is 0 Å². The maximum atomic E-state index is 13.5. The van der Waals surface area contributed by atoms with E-state index in [1.165, 1.54) is 23.5 Å². The monoisotopic (exact) mass is 403 g/mol. The fraction of sp³-hybridized carbons (Fsp3) is 0.381. The van der Waals surface area contributed by atoms with E-state index in [2.05, 4.69) is 0 Å². The van der Waals surface area contributed by atoms with Gasteiger partial charge in [0.25, 0.3) is 0 Å². The van der Waals surface area contributed by atoms with Crippen LogP contribution < -0.4 is 4.74 Å². The van der Waals surface area contributed by atoms with Crippen molar-refractivity contribution in [3.8, 4) is 5.75 Å². The van der Waals surface area contributed by atoms with Crippen molar-refractivity contribution in [1.29, 1.82) is 0 Å². The number of benzene rings is 2. The van der Waals surface area contributed by atoms with E-state index >= 15 is 0 Å². The number of hydrogen-bond donors (Lipinski definition) is 1. The Balaban J connectivity index is 2.02. The maximum absolute atomic E-state index is 13.5. The van der Waals surface area contributed by atoms with E-state index in [1.54, 1.807) is 12.1 Å². The van der Waals surface area contributed by atoms with Gasteiger partial charge < -0.3 is 9.84 Å². The molecule has 1 N–H and O–H groups in total. The summed E-state index contributed by atoms with van der Waals surface area (Å²) in [6.45, 7) is 0.143. The predicted octanol–water partition coefficient (Wildman–Crippen LogP) is 3.53. The van der Waals surface area contributed by atoms with Crippen molar-refractivity contribution >= 4 is 16.0 Å². The molecule has 0 amide bonds. The number of nitrogens with zero attached hydrogens (tertiary/aromatic N) is 1. The van der Waals surface area contributed by atoms with Crippen molar-refractivity contribution in [2.75, 3.05) is 7.11 Å². The van der Waals surface area contributed by atoms with Gasteiger partial charge in [-0.1, -0.05) is 43.2 Å². The minimum Gasteiger partial charge on any atom is -0.497 e. The van der Waals surface area contributed by atoms with Gasteiger partial charge in [0, 0.05) is 12.6 Å². The zero-order valence-electron chi connectivity index (χ0n) is 15.8. The van der Waals surface area contributed by atoms with Crippen LogP contribution >= 0.6 is 0 Å². The highest BCUT2D eigenvalue weighted by molar-refractivity contribution is 7.89. The molecule has 1 fully saturated rings. The summed E-state index contributed by atoms with van der Waals surface area (Å²) < 4.78 is 33.5. The average Bonchev–Trinajstić information content (AvgIpc) is 2.72. The van der Waals surface area contributed by atoms with Crippen molar-refractivity contribution < 1.29 is 23.1 Å². The van der Waals surface area contributed by atoms with Gasteiger partial charge in [-0.15, -0.1) is 0 Å². The lowest BCUT2D eigenvalue weighted by atomic mass is 9.84. The third-order valence-electron chi connectivity index (χ3n) is 5.26. The third kappa shape index (κ3) is 4.36. The largest absolute Gasteiger partial charge is 0.497 e. The quantitative estimate of drug-likeness (QED) is 0.765. The standard InChI is InChI=1S/C21H25NO5S/c1-27-17-11-13-18(14-12-17)28(25,26)22(15-16-7-3-2-4-8-16)20-10-6-5-9-19(20)21(23)24/h2-4,7-8,11-14,19-20H,5-6,9-10,15H2,1H3,(H,23,24)/t19-,20+/m0/s1. The molecule has 1 aliphatic carbocycles. The van der Waals surface area contributed by atoms with E-state index in [9.17, 15) is 18.3 Å². The molecular weight excluding hydrogens is 378 g/mol. The number of sulfonamides is 1. The van der Waals surface area contributed by atoms with E-state index < -0.39 is 28.0 Å². The van der Waals surface area contributed by atoms with Crippen LogP contribution in [0, 0.1) is 5.92 Å². The van der Waals surface area contributed by atoms with Gasteiger partial charge in [0.1, 0.15) is 5.75 Å². The minimum atomic E-state index is -3.88. The van der Waals surface area contributed by atoms with Gasteiger partial charge in [-0.3, -0.25) is 4.79 Å². The molecule has 0 saturated heterocycles. The van der Waals surface area contributed by atoms with Crippen LogP contribution in [0.5, 0.6) is 5.75 Å². The maximum Gasteiger partial charge on any atom is 0.308 e. The highest BCUT2D eigenvalue weighted by Gasteiger charge is 2.40. The third-order valence-corrected chi connectivity index (χ3v) is 7.15. The molecule has 0 bridgehead atoms. The number of methoxy groups -OCH3 is 1. The second-order valence-electron chi connectivity index (χ2n) is 7.01. The van der Waals surface area contributed by atoms with Gasteiger partial charge in [-0.05, 0) is 42.7 Å². The molecule has 6 nitrogen and oxygen atoms in total. The summed E-state index contributed by atoms with van der Waals surface area (Å²) >= 11 is 0. The minimum absolute atomic E-state index is 0.138. The summed E-state index contributed by atoms with van der Waals surface area (Å²) in [5, 5.41) is 9.69. The van der Waals surface area contributed by atoms with Crippen molar-refractivity contribution in [3.05, 3.63) is 60.2 Å². The molecule has 3 rings (SSSR count). The van der Waals surface area contributed by atoms with Crippen LogP contribution in [0.1, 0.15) is 31.2 Å². The van der Waals surface area contributed by atoms with Gasteiger partial charge >= 0.3 is 5.97 Å². The topological polar surface area (TPSA) is 83.9 Å². The zero-order valence-corrected chi connectivity index (χ0v) is 16.6.